The Morgan fingerprint density at radius 3 is 2.74 bits per heavy atom. The first-order valence-corrected chi connectivity index (χ1v) is 9.45. The maximum absolute atomic E-state index is 12.6. The van der Waals surface area contributed by atoms with Crippen molar-refractivity contribution in [1.29, 1.82) is 0 Å². The largest absolute Gasteiger partial charge is 0.467 e. The van der Waals surface area contributed by atoms with Crippen LogP contribution in [0, 0.1) is 0 Å². The fourth-order valence-electron chi connectivity index (χ4n) is 3.75. The van der Waals surface area contributed by atoms with Crippen LogP contribution in [0.4, 0.5) is 5.69 Å². The molecule has 0 saturated carbocycles. The molecule has 2 heterocycles. The van der Waals surface area contributed by atoms with Crippen LogP contribution in [0.1, 0.15) is 34.2 Å². The van der Waals surface area contributed by atoms with E-state index in [4.69, 9.17) is 4.42 Å². The summed E-state index contributed by atoms with van der Waals surface area (Å²) in [5, 5.41) is 3.01. The van der Waals surface area contributed by atoms with Gasteiger partial charge in [0.1, 0.15) is 5.76 Å². The molecular weight excluding hydrogens is 336 g/mol. The van der Waals surface area contributed by atoms with Crippen molar-refractivity contribution in [2.75, 3.05) is 11.4 Å². The molecule has 1 aliphatic rings. The first-order chi connectivity index (χ1) is 13.2. The van der Waals surface area contributed by atoms with Gasteiger partial charge in [-0.05, 0) is 43.0 Å². The number of amides is 1. The van der Waals surface area contributed by atoms with Crippen molar-refractivity contribution in [3.05, 3.63) is 89.4 Å². The fraction of sp³-hybridized carbons (Fsp3) is 0.261. The van der Waals surface area contributed by atoms with E-state index in [9.17, 15) is 4.79 Å². The lowest BCUT2D eigenvalue weighted by Gasteiger charge is -2.24. The van der Waals surface area contributed by atoms with Crippen molar-refractivity contribution in [2.45, 2.75) is 32.4 Å². The molecule has 0 aliphatic carbocycles. The van der Waals surface area contributed by atoms with Gasteiger partial charge in [0.15, 0.2) is 0 Å². The first kappa shape index (κ1) is 17.4. The lowest BCUT2D eigenvalue weighted by atomic mass is 10.1. The van der Waals surface area contributed by atoms with Crippen molar-refractivity contribution in [2.24, 2.45) is 0 Å². The zero-order chi connectivity index (χ0) is 18.6. The van der Waals surface area contributed by atoms with Gasteiger partial charge in [-0.1, -0.05) is 48.5 Å². The Hall–Kier alpha value is -3.01. The van der Waals surface area contributed by atoms with Crippen molar-refractivity contribution < 1.29 is 9.21 Å². The zero-order valence-electron chi connectivity index (χ0n) is 15.5. The highest BCUT2D eigenvalue weighted by molar-refractivity contribution is 5.95. The van der Waals surface area contributed by atoms with Gasteiger partial charge in [-0.15, -0.1) is 0 Å². The molecule has 4 rings (SSSR count). The van der Waals surface area contributed by atoms with Crippen molar-refractivity contribution in [1.82, 2.24) is 5.32 Å². The molecule has 1 unspecified atom stereocenters. The Morgan fingerprint density at radius 2 is 1.89 bits per heavy atom. The van der Waals surface area contributed by atoms with Gasteiger partial charge in [-0.2, -0.15) is 0 Å². The smallest absolute Gasteiger partial charge is 0.254 e. The quantitative estimate of drug-likeness (QED) is 0.716. The van der Waals surface area contributed by atoms with E-state index in [1.54, 1.807) is 12.3 Å². The summed E-state index contributed by atoms with van der Waals surface area (Å²) in [5.41, 5.74) is 4.43. The molecule has 1 amide bonds. The topological polar surface area (TPSA) is 45.5 Å². The number of carbonyl (C=O) groups is 1. The minimum absolute atomic E-state index is 0.0742. The third kappa shape index (κ3) is 3.75. The van der Waals surface area contributed by atoms with E-state index in [-0.39, 0.29) is 5.91 Å². The van der Waals surface area contributed by atoms with Gasteiger partial charge in [0.05, 0.1) is 18.4 Å². The van der Waals surface area contributed by atoms with E-state index in [1.165, 1.54) is 16.8 Å². The normalized spacial score (nSPS) is 15.6. The minimum atomic E-state index is -0.0742. The lowest BCUT2D eigenvalue weighted by molar-refractivity contribution is 0.0952. The second-order valence-electron chi connectivity index (χ2n) is 7.06. The van der Waals surface area contributed by atoms with Gasteiger partial charge in [0.25, 0.3) is 5.91 Å². The zero-order valence-corrected chi connectivity index (χ0v) is 15.5. The summed E-state index contributed by atoms with van der Waals surface area (Å²) in [6.07, 6.45) is 3.44. The highest BCUT2D eigenvalue weighted by Crippen LogP contribution is 2.33. The number of para-hydroxylation sites is 1. The molecular formula is C23H24N2O2. The number of hydrogen-bond acceptors (Lipinski definition) is 3. The maximum Gasteiger partial charge on any atom is 0.254 e. The fourth-order valence-corrected chi connectivity index (χ4v) is 3.75. The molecule has 4 heteroatoms. The van der Waals surface area contributed by atoms with Crippen LogP contribution in [0.25, 0.3) is 0 Å². The number of nitrogens with zero attached hydrogens (tertiary/aromatic N) is 1. The Kier molecular flexibility index (Phi) is 4.97. The second kappa shape index (κ2) is 7.70. The maximum atomic E-state index is 12.6. The Balaban J connectivity index is 1.41. The van der Waals surface area contributed by atoms with Crippen molar-refractivity contribution in [3.8, 4) is 0 Å². The molecule has 1 atom stereocenters. The van der Waals surface area contributed by atoms with Gasteiger partial charge in [-0.3, -0.25) is 4.79 Å². The van der Waals surface area contributed by atoms with Crippen LogP contribution in [-0.2, 0) is 19.4 Å². The third-order valence-corrected chi connectivity index (χ3v) is 5.19. The van der Waals surface area contributed by atoms with Crippen molar-refractivity contribution in [3.63, 3.8) is 0 Å². The van der Waals surface area contributed by atoms with Crippen LogP contribution >= 0.6 is 0 Å². The van der Waals surface area contributed by atoms with E-state index in [1.807, 2.05) is 18.2 Å². The third-order valence-electron chi connectivity index (χ3n) is 5.19. The molecule has 138 valence electrons. The highest BCUT2D eigenvalue weighted by Gasteiger charge is 2.27. The number of benzene rings is 2. The lowest BCUT2D eigenvalue weighted by Crippen LogP contribution is -2.31. The van der Waals surface area contributed by atoms with E-state index in [0.29, 0.717) is 24.7 Å². The van der Waals surface area contributed by atoms with Gasteiger partial charge >= 0.3 is 0 Å². The molecule has 3 aromatic rings. The Morgan fingerprint density at radius 1 is 1.11 bits per heavy atom. The van der Waals surface area contributed by atoms with E-state index >= 15 is 0 Å². The summed E-state index contributed by atoms with van der Waals surface area (Å²) in [4.78, 5) is 14.9. The average molecular weight is 360 g/mol. The molecule has 0 saturated heterocycles. The van der Waals surface area contributed by atoms with Crippen LogP contribution in [0.15, 0.2) is 71.3 Å². The predicted molar refractivity (Wildman–Crippen MR) is 107 cm³/mol. The Bertz CT molecular complexity index is 917. The molecule has 1 aliphatic heterocycles. The number of anilines is 1. The van der Waals surface area contributed by atoms with Gasteiger partial charge in [0.2, 0.25) is 0 Å². The van der Waals surface area contributed by atoms with Gasteiger partial charge in [-0.25, -0.2) is 0 Å². The average Bonchev–Trinajstić information content (AvgIpc) is 3.28. The number of hydrogen-bond donors (Lipinski definition) is 1. The van der Waals surface area contributed by atoms with E-state index in [2.05, 4.69) is 53.5 Å². The summed E-state index contributed by atoms with van der Waals surface area (Å²) >= 11 is 0. The summed E-state index contributed by atoms with van der Waals surface area (Å²) in [5.74, 6) is 0.644. The standard InChI is InChI=1S/C23H24N2O2/c1-17-15-19-9-5-6-10-21(19)25(17)16-22-20(12-14-27-22)23(26)24-13-11-18-7-3-2-4-8-18/h2-10,12,14,17H,11,13,15-16H2,1H3,(H,24,26). The molecule has 1 N–H and O–H groups in total. The number of furan rings is 1. The molecule has 0 fully saturated rings. The predicted octanol–water partition coefficient (Wildman–Crippen LogP) is 4.20. The number of nitrogens with one attached hydrogen (secondary N) is 1. The molecule has 4 nitrogen and oxygen atoms in total. The molecule has 1 aromatic heterocycles. The van der Waals surface area contributed by atoms with Crippen LogP contribution < -0.4 is 10.2 Å². The summed E-state index contributed by atoms with van der Waals surface area (Å²) in [6.45, 7) is 3.42. The van der Waals surface area contributed by atoms with Crippen LogP contribution in [0.3, 0.4) is 0 Å². The van der Waals surface area contributed by atoms with E-state index in [0.717, 1.165) is 18.6 Å². The Labute approximate surface area is 159 Å². The highest BCUT2D eigenvalue weighted by atomic mass is 16.3. The summed E-state index contributed by atoms with van der Waals surface area (Å²) in [7, 11) is 0. The molecule has 0 radical (unpaired) electrons. The second-order valence-corrected chi connectivity index (χ2v) is 7.06. The van der Waals surface area contributed by atoms with Gasteiger partial charge < -0.3 is 14.6 Å². The SMILES string of the molecule is CC1Cc2ccccc2N1Cc1occc1C(=O)NCCc1ccccc1. The van der Waals surface area contributed by atoms with Crippen LogP contribution in [-0.4, -0.2) is 18.5 Å². The minimum Gasteiger partial charge on any atom is -0.467 e. The van der Waals surface area contributed by atoms with E-state index < -0.39 is 0 Å². The molecule has 2 aromatic carbocycles. The molecule has 0 spiro atoms. The van der Waals surface area contributed by atoms with Crippen LogP contribution in [0.2, 0.25) is 0 Å². The summed E-state index contributed by atoms with van der Waals surface area (Å²) < 4.78 is 5.67. The molecule has 27 heavy (non-hydrogen) atoms. The van der Waals surface area contributed by atoms with Crippen molar-refractivity contribution >= 4 is 11.6 Å². The molecule has 0 bridgehead atoms. The van der Waals surface area contributed by atoms with Gasteiger partial charge in [0, 0.05) is 18.3 Å². The van der Waals surface area contributed by atoms with Crippen LogP contribution in [0.5, 0.6) is 0 Å². The monoisotopic (exact) mass is 360 g/mol. The first-order valence-electron chi connectivity index (χ1n) is 9.45. The number of carbonyl (C=O) groups excluding carboxylic acids is 1. The summed E-state index contributed by atoms with van der Waals surface area (Å²) in [6, 6.07) is 20.8. The number of rotatable bonds is 6. The number of fused-ring (bicyclic) bond motifs is 1.